The molecule has 1 aromatic heterocycles. The van der Waals surface area contributed by atoms with Crippen molar-refractivity contribution >= 4 is 23.2 Å². The first-order chi connectivity index (χ1) is 11.5. The summed E-state index contributed by atoms with van der Waals surface area (Å²) in [5.74, 6) is 0.386. The van der Waals surface area contributed by atoms with Gasteiger partial charge in [-0.15, -0.1) is 11.3 Å². The number of likely N-dealkylation sites (tertiary alicyclic amines) is 1. The van der Waals surface area contributed by atoms with Gasteiger partial charge in [-0.3, -0.25) is 14.5 Å². The Morgan fingerprint density at radius 2 is 1.62 bits per heavy atom. The quantitative estimate of drug-likeness (QED) is 0.840. The molecule has 0 unspecified atom stereocenters. The highest BCUT2D eigenvalue weighted by Crippen LogP contribution is 2.22. The molecule has 0 atom stereocenters. The van der Waals surface area contributed by atoms with Crippen LogP contribution in [0, 0.1) is 13.8 Å². The van der Waals surface area contributed by atoms with Crippen LogP contribution in [0.2, 0.25) is 0 Å². The van der Waals surface area contributed by atoms with Gasteiger partial charge in [-0.2, -0.15) is 0 Å². The molecule has 0 spiro atoms. The van der Waals surface area contributed by atoms with Crippen molar-refractivity contribution in [2.45, 2.75) is 33.1 Å². The van der Waals surface area contributed by atoms with Crippen molar-refractivity contribution in [2.24, 2.45) is 0 Å². The van der Waals surface area contributed by atoms with Gasteiger partial charge in [-0.05, 0) is 44.7 Å². The van der Waals surface area contributed by atoms with E-state index in [0.717, 1.165) is 43.9 Å². The predicted molar refractivity (Wildman–Crippen MR) is 96.6 cm³/mol. The summed E-state index contributed by atoms with van der Waals surface area (Å²) in [4.78, 5) is 33.1. The second kappa shape index (κ2) is 7.66. The third kappa shape index (κ3) is 3.98. The zero-order valence-electron chi connectivity index (χ0n) is 14.7. The molecule has 3 heterocycles. The normalized spacial score (nSPS) is 19.6. The molecule has 0 bridgehead atoms. The van der Waals surface area contributed by atoms with Crippen molar-refractivity contribution in [3.8, 4) is 0 Å². The van der Waals surface area contributed by atoms with E-state index in [0.29, 0.717) is 19.6 Å². The fourth-order valence-corrected chi connectivity index (χ4v) is 4.38. The van der Waals surface area contributed by atoms with Crippen LogP contribution in [0.25, 0.3) is 0 Å². The zero-order chi connectivity index (χ0) is 17.1. The average molecular weight is 350 g/mol. The number of aryl methyl sites for hydroxylation is 2. The van der Waals surface area contributed by atoms with Gasteiger partial charge in [0.1, 0.15) is 0 Å². The van der Waals surface area contributed by atoms with Crippen LogP contribution in [-0.4, -0.2) is 72.3 Å². The number of piperazine rings is 1. The molecule has 0 aliphatic carbocycles. The van der Waals surface area contributed by atoms with E-state index in [1.807, 2.05) is 22.8 Å². The molecule has 24 heavy (non-hydrogen) atoms. The van der Waals surface area contributed by atoms with Crippen molar-refractivity contribution in [1.29, 1.82) is 0 Å². The first-order valence-electron chi connectivity index (χ1n) is 8.91. The summed E-state index contributed by atoms with van der Waals surface area (Å²) in [5.41, 5.74) is 1.19. The monoisotopic (exact) mass is 349 g/mol. The summed E-state index contributed by atoms with van der Waals surface area (Å²) in [5, 5.41) is 0. The van der Waals surface area contributed by atoms with Gasteiger partial charge in [0.25, 0.3) is 5.91 Å². The molecule has 2 aliphatic heterocycles. The van der Waals surface area contributed by atoms with Crippen molar-refractivity contribution in [3.63, 3.8) is 0 Å². The molecule has 132 valence electrons. The molecule has 0 N–H and O–H groups in total. The lowest BCUT2D eigenvalue weighted by atomic mass is 10.1. The maximum atomic E-state index is 12.6. The first kappa shape index (κ1) is 17.4. The summed E-state index contributed by atoms with van der Waals surface area (Å²) >= 11 is 1.58. The number of piperidine rings is 1. The number of rotatable bonds is 3. The summed E-state index contributed by atoms with van der Waals surface area (Å²) < 4.78 is 0. The zero-order valence-corrected chi connectivity index (χ0v) is 15.5. The van der Waals surface area contributed by atoms with Gasteiger partial charge in [0.2, 0.25) is 5.91 Å². The van der Waals surface area contributed by atoms with Crippen LogP contribution < -0.4 is 0 Å². The molecule has 2 saturated heterocycles. The number of nitrogens with zero attached hydrogens (tertiary/aromatic N) is 3. The SMILES string of the molecule is Cc1cc(C(=O)N2CCN(CC(=O)N3CCCCC3)CC2)sc1C. The molecule has 2 fully saturated rings. The average Bonchev–Trinajstić information content (AvgIpc) is 2.95. The Hall–Kier alpha value is -1.40. The lowest BCUT2D eigenvalue weighted by Crippen LogP contribution is -2.51. The molecule has 1 aromatic rings. The fourth-order valence-electron chi connectivity index (χ4n) is 3.38. The van der Waals surface area contributed by atoms with Crippen LogP contribution >= 0.6 is 11.3 Å². The number of carbonyl (C=O) groups excluding carboxylic acids is 2. The van der Waals surface area contributed by atoms with Crippen LogP contribution in [0.1, 0.15) is 39.4 Å². The highest BCUT2D eigenvalue weighted by molar-refractivity contribution is 7.14. The third-order valence-corrected chi connectivity index (χ3v) is 6.24. The standard InChI is InChI=1S/C18H27N3O2S/c1-14-12-16(24-15(14)2)18(23)21-10-8-19(9-11-21)13-17(22)20-6-4-3-5-7-20/h12H,3-11,13H2,1-2H3. The van der Waals surface area contributed by atoms with Crippen LogP contribution in [0.5, 0.6) is 0 Å². The van der Waals surface area contributed by atoms with Crippen LogP contribution in [0.15, 0.2) is 6.07 Å². The van der Waals surface area contributed by atoms with E-state index < -0.39 is 0 Å². The van der Waals surface area contributed by atoms with Crippen molar-refractivity contribution < 1.29 is 9.59 Å². The van der Waals surface area contributed by atoms with Crippen molar-refractivity contribution in [3.05, 3.63) is 21.4 Å². The summed E-state index contributed by atoms with van der Waals surface area (Å²) in [6.07, 6.45) is 3.51. The summed E-state index contributed by atoms with van der Waals surface area (Å²) in [6.45, 7) is 9.42. The second-order valence-electron chi connectivity index (χ2n) is 6.86. The highest BCUT2D eigenvalue weighted by Gasteiger charge is 2.26. The van der Waals surface area contributed by atoms with E-state index in [1.54, 1.807) is 11.3 Å². The van der Waals surface area contributed by atoms with Gasteiger partial charge in [0.15, 0.2) is 0 Å². The first-order valence-corrected chi connectivity index (χ1v) is 9.72. The molecule has 5 nitrogen and oxygen atoms in total. The van der Waals surface area contributed by atoms with E-state index in [4.69, 9.17) is 0 Å². The minimum Gasteiger partial charge on any atom is -0.342 e. The Bertz CT molecular complexity index is 580. The van der Waals surface area contributed by atoms with E-state index in [-0.39, 0.29) is 11.8 Å². The molecule has 0 radical (unpaired) electrons. The summed E-state index contributed by atoms with van der Waals surface area (Å²) in [7, 11) is 0. The Balaban J connectivity index is 1.48. The summed E-state index contributed by atoms with van der Waals surface area (Å²) in [6, 6.07) is 1.99. The van der Waals surface area contributed by atoms with Crippen LogP contribution in [0.3, 0.4) is 0 Å². The fraction of sp³-hybridized carbons (Fsp3) is 0.667. The number of carbonyl (C=O) groups is 2. The molecule has 0 aromatic carbocycles. The lowest BCUT2D eigenvalue weighted by Gasteiger charge is -2.35. The van der Waals surface area contributed by atoms with Gasteiger partial charge in [0, 0.05) is 44.1 Å². The third-order valence-electron chi connectivity index (χ3n) is 5.10. The molecule has 0 saturated carbocycles. The van der Waals surface area contributed by atoms with Gasteiger partial charge in [-0.25, -0.2) is 0 Å². The van der Waals surface area contributed by atoms with Gasteiger partial charge in [-0.1, -0.05) is 0 Å². The van der Waals surface area contributed by atoms with Crippen molar-refractivity contribution in [1.82, 2.24) is 14.7 Å². The number of amides is 2. The number of hydrogen-bond acceptors (Lipinski definition) is 4. The Kier molecular flexibility index (Phi) is 5.56. The molecule has 6 heteroatoms. The maximum absolute atomic E-state index is 12.6. The van der Waals surface area contributed by atoms with Crippen molar-refractivity contribution in [2.75, 3.05) is 45.8 Å². The van der Waals surface area contributed by atoms with Gasteiger partial charge >= 0.3 is 0 Å². The van der Waals surface area contributed by atoms with E-state index in [1.165, 1.54) is 16.9 Å². The number of thiophene rings is 1. The smallest absolute Gasteiger partial charge is 0.264 e. The molecular weight excluding hydrogens is 322 g/mol. The topological polar surface area (TPSA) is 43.9 Å². The Morgan fingerprint density at radius 1 is 0.958 bits per heavy atom. The Labute approximate surface area is 148 Å². The van der Waals surface area contributed by atoms with Gasteiger partial charge in [0.05, 0.1) is 11.4 Å². The van der Waals surface area contributed by atoms with E-state index in [9.17, 15) is 9.59 Å². The minimum absolute atomic E-state index is 0.137. The predicted octanol–water partition coefficient (Wildman–Crippen LogP) is 2.14. The number of hydrogen-bond donors (Lipinski definition) is 0. The Morgan fingerprint density at radius 3 is 2.21 bits per heavy atom. The van der Waals surface area contributed by atoms with E-state index >= 15 is 0 Å². The highest BCUT2D eigenvalue weighted by atomic mass is 32.1. The molecular formula is C18H27N3O2S. The largest absolute Gasteiger partial charge is 0.342 e. The van der Waals surface area contributed by atoms with E-state index in [2.05, 4.69) is 11.8 Å². The molecule has 2 amide bonds. The molecule has 3 rings (SSSR count). The lowest BCUT2D eigenvalue weighted by molar-refractivity contribution is -0.133. The second-order valence-corrected chi connectivity index (χ2v) is 8.12. The minimum atomic E-state index is 0.137. The van der Waals surface area contributed by atoms with Crippen LogP contribution in [-0.2, 0) is 4.79 Å². The van der Waals surface area contributed by atoms with Crippen LogP contribution in [0.4, 0.5) is 0 Å². The maximum Gasteiger partial charge on any atom is 0.264 e. The van der Waals surface area contributed by atoms with Gasteiger partial charge < -0.3 is 9.80 Å². The molecule has 2 aliphatic rings.